The van der Waals surface area contributed by atoms with Crippen LogP contribution in [-0.4, -0.2) is 56.5 Å². The molecule has 1 aliphatic heterocycles. The van der Waals surface area contributed by atoms with Gasteiger partial charge in [-0.15, -0.1) is 0 Å². The largest absolute Gasteiger partial charge is 0.338 e. The number of fused-ring (bicyclic) bond motifs is 1. The first-order chi connectivity index (χ1) is 13.1. The Hall–Kier alpha value is -3.29. The molecule has 0 spiro atoms. The summed E-state index contributed by atoms with van der Waals surface area (Å²) >= 11 is 0. The molecule has 8 heteroatoms. The van der Waals surface area contributed by atoms with E-state index in [2.05, 4.69) is 19.9 Å². The predicted octanol–water partition coefficient (Wildman–Crippen LogP) is 0.844. The summed E-state index contributed by atoms with van der Waals surface area (Å²) in [4.78, 5) is 42.0. The Labute approximate surface area is 156 Å². The third-order valence-corrected chi connectivity index (χ3v) is 4.78. The number of carbonyl (C=O) groups excluding carboxylic acids is 1. The van der Waals surface area contributed by atoms with E-state index in [1.54, 1.807) is 30.3 Å². The van der Waals surface area contributed by atoms with Crippen LogP contribution in [0.1, 0.15) is 5.69 Å². The van der Waals surface area contributed by atoms with Crippen molar-refractivity contribution < 1.29 is 4.79 Å². The summed E-state index contributed by atoms with van der Waals surface area (Å²) in [5, 5.41) is 0. The smallest absolute Gasteiger partial charge is 0.272 e. The molecule has 1 fully saturated rings. The Bertz CT molecular complexity index is 1030. The van der Waals surface area contributed by atoms with Gasteiger partial charge in [0, 0.05) is 38.6 Å². The number of anilines is 1. The number of aromatic nitrogens is 4. The Balaban J connectivity index is 1.50. The van der Waals surface area contributed by atoms with Gasteiger partial charge in [0.15, 0.2) is 0 Å². The quantitative estimate of drug-likeness (QED) is 0.685. The van der Waals surface area contributed by atoms with Gasteiger partial charge in [0.2, 0.25) is 11.9 Å². The highest BCUT2D eigenvalue weighted by atomic mass is 16.2. The molecule has 3 aromatic rings. The predicted molar refractivity (Wildman–Crippen MR) is 102 cm³/mol. The number of piperazine rings is 1. The summed E-state index contributed by atoms with van der Waals surface area (Å²) in [5.74, 6) is 0.609. The molecule has 0 N–H and O–H groups in total. The van der Waals surface area contributed by atoms with Crippen LogP contribution in [0.2, 0.25) is 0 Å². The number of carbonyl (C=O) groups is 1. The highest BCUT2D eigenvalue weighted by molar-refractivity contribution is 5.80. The number of hydrogen-bond donors (Lipinski definition) is 0. The number of nitrogens with zero attached hydrogens (tertiary/aromatic N) is 6. The van der Waals surface area contributed by atoms with Gasteiger partial charge >= 0.3 is 0 Å². The van der Waals surface area contributed by atoms with E-state index in [0.29, 0.717) is 48.9 Å². The van der Waals surface area contributed by atoms with E-state index >= 15 is 0 Å². The zero-order valence-corrected chi connectivity index (χ0v) is 15.1. The molecule has 4 rings (SSSR count). The topological polar surface area (TPSA) is 84.2 Å². The molecule has 2 aromatic heterocycles. The van der Waals surface area contributed by atoms with E-state index in [0.717, 1.165) is 0 Å². The number of benzene rings is 1. The van der Waals surface area contributed by atoms with Crippen LogP contribution in [-0.2, 0) is 11.3 Å². The van der Waals surface area contributed by atoms with Crippen molar-refractivity contribution >= 4 is 22.9 Å². The Morgan fingerprint density at radius 2 is 1.74 bits per heavy atom. The lowest BCUT2D eigenvalue weighted by atomic mass is 10.2. The zero-order valence-electron chi connectivity index (χ0n) is 15.1. The van der Waals surface area contributed by atoms with E-state index in [4.69, 9.17) is 0 Å². The normalized spacial score (nSPS) is 14.6. The van der Waals surface area contributed by atoms with Crippen molar-refractivity contribution in [1.29, 1.82) is 0 Å². The Morgan fingerprint density at radius 1 is 1.04 bits per heavy atom. The van der Waals surface area contributed by atoms with Gasteiger partial charge in [-0.3, -0.25) is 14.2 Å². The summed E-state index contributed by atoms with van der Waals surface area (Å²) in [7, 11) is 0. The average molecular weight is 364 g/mol. The minimum absolute atomic E-state index is 0.0184. The van der Waals surface area contributed by atoms with Crippen molar-refractivity contribution in [2.75, 3.05) is 31.1 Å². The van der Waals surface area contributed by atoms with Crippen molar-refractivity contribution in [1.82, 2.24) is 24.4 Å². The van der Waals surface area contributed by atoms with Crippen LogP contribution < -0.4 is 10.5 Å². The third-order valence-electron chi connectivity index (χ3n) is 4.78. The lowest BCUT2D eigenvalue weighted by Crippen LogP contribution is -2.50. The summed E-state index contributed by atoms with van der Waals surface area (Å²) in [6, 6.07) is 9.17. The molecule has 0 unspecified atom stereocenters. The van der Waals surface area contributed by atoms with Gasteiger partial charge in [0.05, 0.1) is 11.0 Å². The monoisotopic (exact) mass is 364 g/mol. The fourth-order valence-corrected chi connectivity index (χ4v) is 3.32. The SMILES string of the molecule is Cc1nc2ccccc2n(CC(=O)N2CCN(c3ncccn3)CC2)c1=O. The van der Waals surface area contributed by atoms with Crippen LogP contribution in [0, 0.1) is 6.92 Å². The van der Waals surface area contributed by atoms with Crippen molar-refractivity contribution in [2.24, 2.45) is 0 Å². The second-order valence-electron chi connectivity index (χ2n) is 6.49. The van der Waals surface area contributed by atoms with Crippen molar-refractivity contribution in [3.8, 4) is 0 Å². The first kappa shape index (κ1) is 17.1. The van der Waals surface area contributed by atoms with E-state index in [1.807, 2.05) is 24.3 Å². The van der Waals surface area contributed by atoms with Crippen LogP contribution in [0.3, 0.4) is 0 Å². The van der Waals surface area contributed by atoms with Gasteiger partial charge in [-0.2, -0.15) is 0 Å². The lowest BCUT2D eigenvalue weighted by Gasteiger charge is -2.34. The molecule has 1 aliphatic rings. The fraction of sp³-hybridized carbons (Fsp3) is 0.316. The molecule has 27 heavy (non-hydrogen) atoms. The number of para-hydroxylation sites is 2. The van der Waals surface area contributed by atoms with E-state index in [-0.39, 0.29) is 18.0 Å². The molecule has 0 aliphatic carbocycles. The van der Waals surface area contributed by atoms with Gasteiger partial charge < -0.3 is 9.80 Å². The summed E-state index contributed by atoms with van der Waals surface area (Å²) in [6.07, 6.45) is 3.42. The highest BCUT2D eigenvalue weighted by Gasteiger charge is 2.23. The van der Waals surface area contributed by atoms with Crippen LogP contribution in [0.25, 0.3) is 11.0 Å². The van der Waals surface area contributed by atoms with E-state index in [1.165, 1.54) is 4.57 Å². The van der Waals surface area contributed by atoms with Crippen molar-refractivity contribution in [3.63, 3.8) is 0 Å². The molecule has 0 radical (unpaired) electrons. The van der Waals surface area contributed by atoms with Gasteiger partial charge in [0.25, 0.3) is 5.56 Å². The standard InChI is InChI=1S/C19H20N6O2/c1-14-18(27)25(16-6-3-2-5-15(16)22-14)13-17(26)23-9-11-24(12-10-23)19-20-7-4-8-21-19/h2-8H,9-13H2,1H3. The van der Waals surface area contributed by atoms with Gasteiger partial charge in [-0.25, -0.2) is 15.0 Å². The first-order valence-corrected chi connectivity index (χ1v) is 8.89. The van der Waals surface area contributed by atoms with Crippen LogP contribution in [0.5, 0.6) is 0 Å². The molecular weight excluding hydrogens is 344 g/mol. The Morgan fingerprint density at radius 3 is 2.48 bits per heavy atom. The molecule has 8 nitrogen and oxygen atoms in total. The lowest BCUT2D eigenvalue weighted by molar-refractivity contribution is -0.132. The Kier molecular flexibility index (Phi) is 4.53. The molecule has 0 bridgehead atoms. The maximum atomic E-state index is 12.8. The molecule has 1 amide bonds. The molecule has 0 saturated carbocycles. The maximum absolute atomic E-state index is 12.8. The minimum atomic E-state index is -0.224. The second-order valence-corrected chi connectivity index (χ2v) is 6.49. The maximum Gasteiger partial charge on any atom is 0.272 e. The third kappa shape index (κ3) is 3.38. The summed E-state index contributed by atoms with van der Waals surface area (Å²) in [6.45, 7) is 4.18. The second kappa shape index (κ2) is 7.14. The highest BCUT2D eigenvalue weighted by Crippen LogP contribution is 2.12. The number of hydrogen-bond acceptors (Lipinski definition) is 6. The molecule has 1 saturated heterocycles. The summed E-state index contributed by atoms with van der Waals surface area (Å²) < 4.78 is 1.52. The number of aryl methyl sites for hydroxylation is 1. The zero-order chi connectivity index (χ0) is 18.8. The molecule has 0 atom stereocenters. The van der Waals surface area contributed by atoms with Crippen molar-refractivity contribution in [2.45, 2.75) is 13.5 Å². The van der Waals surface area contributed by atoms with Crippen LogP contribution in [0.15, 0.2) is 47.5 Å². The fourth-order valence-electron chi connectivity index (χ4n) is 3.32. The summed E-state index contributed by atoms with van der Waals surface area (Å²) in [5.41, 5.74) is 1.57. The number of amides is 1. The number of rotatable bonds is 3. The van der Waals surface area contributed by atoms with Gasteiger partial charge in [-0.05, 0) is 25.1 Å². The van der Waals surface area contributed by atoms with Gasteiger partial charge in [-0.1, -0.05) is 12.1 Å². The molecule has 3 heterocycles. The van der Waals surface area contributed by atoms with Crippen LogP contribution in [0.4, 0.5) is 5.95 Å². The van der Waals surface area contributed by atoms with Gasteiger partial charge in [0.1, 0.15) is 12.2 Å². The molecule has 138 valence electrons. The average Bonchev–Trinajstić information content (AvgIpc) is 2.72. The first-order valence-electron chi connectivity index (χ1n) is 8.89. The van der Waals surface area contributed by atoms with E-state index < -0.39 is 0 Å². The minimum Gasteiger partial charge on any atom is -0.338 e. The molecule has 1 aromatic carbocycles. The molecular formula is C19H20N6O2. The van der Waals surface area contributed by atoms with E-state index in [9.17, 15) is 9.59 Å². The van der Waals surface area contributed by atoms with Crippen molar-refractivity contribution in [3.05, 3.63) is 58.8 Å². The van der Waals surface area contributed by atoms with Crippen LogP contribution >= 0.6 is 0 Å².